The number of halogens is 3. The van der Waals surface area contributed by atoms with Crippen LogP contribution in [0, 0.1) is 0 Å². The zero-order valence-electron chi connectivity index (χ0n) is 14.6. The number of para-hydroxylation sites is 1. The van der Waals surface area contributed by atoms with Crippen LogP contribution >= 0.6 is 0 Å². The molecule has 1 aliphatic heterocycles. The molecule has 1 aromatic carbocycles. The van der Waals surface area contributed by atoms with E-state index in [-0.39, 0.29) is 30.3 Å². The van der Waals surface area contributed by atoms with Crippen LogP contribution < -0.4 is 15.5 Å². The minimum absolute atomic E-state index is 0.0294. The summed E-state index contributed by atoms with van der Waals surface area (Å²) in [6, 6.07) is 4.19. The second kappa shape index (κ2) is 8.26. The summed E-state index contributed by atoms with van der Waals surface area (Å²) in [5.74, 6) is -1.16. The maximum absolute atomic E-state index is 12.9. The lowest BCUT2D eigenvalue weighted by Crippen LogP contribution is -3.11. The third-order valence-electron chi connectivity index (χ3n) is 4.03. The molecule has 0 radical (unpaired) electrons. The van der Waals surface area contributed by atoms with Crippen molar-refractivity contribution in [2.45, 2.75) is 18.6 Å². The molecule has 0 spiro atoms. The number of rotatable bonds is 6. The van der Waals surface area contributed by atoms with Crippen molar-refractivity contribution in [1.82, 2.24) is 5.32 Å². The topological polar surface area (TPSA) is 96.8 Å². The van der Waals surface area contributed by atoms with Crippen molar-refractivity contribution in [3.63, 3.8) is 0 Å². The standard InChI is InChI=1S/C16H20F3N3O4S/c1-22(8-14(23)20-11-6-7-27(25,26)10-11)9-15(24)21-13-5-3-2-4-12(13)16(17,18)19/h2-5,11H,6-10H2,1H3,(H,20,23)(H,21,24)/p+1/t11-/m0/s1. The Morgan fingerprint density at radius 1 is 1.19 bits per heavy atom. The van der Waals surface area contributed by atoms with Crippen molar-refractivity contribution >= 4 is 27.3 Å². The number of carbonyl (C=O) groups excluding carboxylic acids is 2. The van der Waals surface area contributed by atoms with Gasteiger partial charge in [0.05, 0.1) is 29.8 Å². The molecular formula is C16H21F3N3O4S+. The lowest BCUT2D eigenvalue weighted by atomic mass is 10.1. The normalized spacial score (nSPS) is 20.1. The number of sulfone groups is 1. The van der Waals surface area contributed by atoms with Gasteiger partial charge in [0.15, 0.2) is 22.9 Å². The van der Waals surface area contributed by atoms with Gasteiger partial charge in [0.2, 0.25) is 0 Å². The van der Waals surface area contributed by atoms with E-state index in [0.717, 1.165) is 12.1 Å². The summed E-state index contributed by atoms with van der Waals surface area (Å²) in [5.41, 5.74) is -1.29. The van der Waals surface area contributed by atoms with E-state index in [2.05, 4.69) is 10.6 Å². The molecule has 1 aliphatic rings. The Morgan fingerprint density at radius 2 is 1.81 bits per heavy atom. The molecule has 2 rings (SSSR count). The summed E-state index contributed by atoms with van der Waals surface area (Å²) in [6.07, 6.45) is -4.24. The minimum atomic E-state index is -4.59. The maximum Gasteiger partial charge on any atom is 0.418 e. The van der Waals surface area contributed by atoms with E-state index in [1.165, 1.54) is 12.1 Å². The molecule has 2 amide bonds. The van der Waals surface area contributed by atoms with E-state index >= 15 is 0 Å². The Morgan fingerprint density at radius 3 is 2.41 bits per heavy atom. The zero-order chi connectivity index (χ0) is 20.2. The van der Waals surface area contributed by atoms with Crippen LogP contribution in [0.25, 0.3) is 0 Å². The molecule has 0 aromatic heterocycles. The molecule has 0 saturated carbocycles. The van der Waals surface area contributed by atoms with Gasteiger partial charge in [0, 0.05) is 6.04 Å². The number of hydrogen-bond donors (Lipinski definition) is 3. The molecule has 0 aliphatic carbocycles. The van der Waals surface area contributed by atoms with Gasteiger partial charge in [-0.1, -0.05) is 12.1 Å². The molecule has 0 bridgehead atoms. The quantitative estimate of drug-likeness (QED) is 0.589. The fourth-order valence-corrected chi connectivity index (χ4v) is 4.51. The highest BCUT2D eigenvalue weighted by molar-refractivity contribution is 7.91. The van der Waals surface area contributed by atoms with E-state index in [1.807, 2.05) is 0 Å². The van der Waals surface area contributed by atoms with Crippen LogP contribution in [0.4, 0.5) is 18.9 Å². The molecule has 11 heteroatoms. The second-order valence-corrected chi connectivity index (χ2v) is 8.80. The SMILES string of the molecule is C[NH+](CC(=O)Nc1ccccc1C(F)(F)F)CC(=O)N[C@H]1CCS(=O)(=O)C1. The van der Waals surface area contributed by atoms with Gasteiger partial charge in [-0.15, -0.1) is 0 Å². The van der Waals surface area contributed by atoms with E-state index in [1.54, 1.807) is 7.05 Å². The average Bonchev–Trinajstić information content (AvgIpc) is 2.84. The first-order chi connectivity index (χ1) is 12.5. The number of anilines is 1. The van der Waals surface area contributed by atoms with Gasteiger partial charge in [0.25, 0.3) is 11.8 Å². The highest BCUT2D eigenvalue weighted by Gasteiger charge is 2.34. The van der Waals surface area contributed by atoms with Crippen LogP contribution in [-0.2, 0) is 25.6 Å². The predicted octanol–water partition coefficient (Wildman–Crippen LogP) is -0.538. The molecular weight excluding hydrogens is 387 g/mol. The Bertz CT molecular complexity index is 811. The summed E-state index contributed by atoms with van der Waals surface area (Å²) in [5, 5.41) is 4.81. The monoisotopic (exact) mass is 408 g/mol. The molecule has 1 heterocycles. The Hall–Kier alpha value is -2.14. The molecule has 2 atom stereocenters. The maximum atomic E-state index is 12.9. The van der Waals surface area contributed by atoms with Crippen LogP contribution in [0.3, 0.4) is 0 Å². The van der Waals surface area contributed by atoms with Gasteiger partial charge < -0.3 is 15.5 Å². The molecule has 1 unspecified atom stereocenters. The zero-order valence-corrected chi connectivity index (χ0v) is 15.4. The predicted molar refractivity (Wildman–Crippen MR) is 91.9 cm³/mol. The van der Waals surface area contributed by atoms with Gasteiger partial charge in [0.1, 0.15) is 0 Å². The first kappa shape index (κ1) is 21.2. The van der Waals surface area contributed by atoms with Crippen LogP contribution in [0.2, 0.25) is 0 Å². The summed E-state index contributed by atoms with van der Waals surface area (Å²) in [7, 11) is -1.57. The van der Waals surface area contributed by atoms with E-state index in [0.29, 0.717) is 11.3 Å². The van der Waals surface area contributed by atoms with Gasteiger partial charge in [-0.25, -0.2) is 8.42 Å². The minimum Gasteiger partial charge on any atom is -0.347 e. The lowest BCUT2D eigenvalue weighted by molar-refractivity contribution is -0.862. The van der Waals surface area contributed by atoms with Gasteiger partial charge in [-0.3, -0.25) is 9.59 Å². The van der Waals surface area contributed by atoms with Crippen molar-refractivity contribution < 1.29 is 36.1 Å². The Balaban J connectivity index is 1.85. The summed E-state index contributed by atoms with van der Waals surface area (Å²) in [6.45, 7) is -0.326. The average molecular weight is 408 g/mol. The fraction of sp³-hybridized carbons (Fsp3) is 0.500. The van der Waals surface area contributed by atoms with Crippen molar-refractivity contribution in [2.24, 2.45) is 0 Å². The molecule has 1 aromatic rings. The molecule has 1 fully saturated rings. The molecule has 27 heavy (non-hydrogen) atoms. The summed E-state index contributed by atoms with van der Waals surface area (Å²) < 4.78 is 61.5. The number of amides is 2. The van der Waals surface area contributed by atoms with E-state index < -0.39 is 39.4 Å². The molecule has 150 valence electrons. The van der Waals surface area contributed by atoms with Gasteiger partial charge in [-0.05, 0) is 18.6 Å². The number of alkyl halides is 3. The summed E-state index contributed by atoms with van der Waals surface area (Å²) >= 11 is 0. The van der Waals surface area contributed by atoms with Crippen molar-refractivity contribution in [2.75, 3.05) is 37.0 Å². The Kier molecular flexibility index (Phi) is 6.47. The number of benzene rings is 1. The largest absolute Gasteiger partial charge is 0.418 e. The third kappa shape index (κ3) is 6.51. The number of likely N-dealkylation sites (N-methyl/N-ethyl adjacent to an activating group) is 1. The van der Waals surface area contributed by atoms with Crippen molar-refractivity contribution in [1.29, 1.82) is 0 Å². The van der Waals surface area contributed by atoms with Gasteiger partial charge in [-0.2, -0.15) is 13.2 Å². The first-order valence-corrected chi connectivity index (χ1v) is 10.1. The van der Waals surface area contributed by atoms with Crippen LogP contribution in [0.5, 0.6) is 0 Å². The molecule has 7 nitrogen and oxygen atoms in total. The van der Waals surface area contributed by atoms with Crippen LogP contribution in [0.15, 0.2) is 24.3 Å². The second-order valence-electron chi connectivity index (χ2n) is 6.57. The van der Waals surface area contributed by atoms with Gasteiger partial charge >= 0.3 is 6.18 Å². The summed E-state index contributed by atoms with van der Waals surface area (Å²) in [4.78, 5) is 24.4. The van der Waals surface area contributed by atoms with E-state index in [9.17, 15) is 31.2 Å². The van der Waals surface area contributed by atoms with Crippen LogP contribution in [-0.4, -0.2) is 57.9 Å². The first-order valence-electron chi connectivity index (χ1n) is 8.23. The number of quaternary nitrogens is 1. The number of carbonyl (C=O) groups is 2. The fourth-order valence-electron chi connectivity index (χ4n) is 2.83. The van der Waals surface area contributed by atoms with E-state index in [4.69, 9.17) is 0 Å². The van der Waals surface area contributed by atoms with Crippen molar-refractivity contribution in [3.8, 4) is 0 Å². The highest BCUT2D eigenvalue weighted by atomic mass is 32.2. The Labute approximate surface area is 154 Å². The number of nitrogens with one attached hydrogen (secondary N) is 3. The third-order valence-corrected chi connectivity index (χ3v) is 5.80. The van der Waals surface area contributed by atoms with Crippen molar-refractivity contribution in [3.05, 3.63) is 29.8 Å². The smallest absolute Gasteiger partial charge is 0.347 e. The highest BCUT2D eigenvalue weighted by Crippen LogP contribution is 2.34. The number of hydrogen-bond acceptors (Lipinski definition) is 4. The molecule has 3 N–H and O–H groups in total. The lowest BCUT2D eigenvalue weighted by Gasteiger charge is -2.17. The molecule has 1 saturated heterocycles. The van der Waals surface area contributed by atoms with Crippen LogP contribution in [0.1, 0.15) is 12.0 Å².